The van der Waals surface area contributed by atoms with Crippen molar-refractivity contribution < 1.29 is 45.5 Å². The number of hydrogen-bond donors (Lipinski definition) is 3. The topological polar surface area (TPSA) is 177 Å². The number of allylic oxidation sites excluding steroid dienone is 1. The molecule has 0 saturated carbocycles. The molecule has 4 aliphatic heterocycles. The summed E-state index contributed by atoms with van der Waals surface area (Å²) < 4.78 is 78.9. The van der Waals surface area contributed by atoms with E-state index in [1.165, 1.54) is 6.20 Å². The number of ether oxygens (including phenoxy) is 1. The van der Waals surface area contributed by atoms with Gasteiger partial charge in [-0.3, -0.25) is 33.7 Å². The molecule has 19 heteroatoms. The number of anilines is 2. The average Bonchev–Trinajstić information content (AvgIpc) is 3.99. The zero-order valence-corrected chi connectivity index (χ0v) is 35.2. The van der Waals surface area contributed by atoms with Crippen molar-refractivity contribution in [2.75, 3.05) is 62.0 Å². The summed E-state index contributed by atoms with van der Waals surface area (Å²) in [5, 5.41) is 2.95. The lowest BCUT2D eigenvalue weighted by atomic mass is 9.99. The van der Waals surface area contributed by atoms with E-state index in [9.17, 15) is 32.0 Å². The largest absolute Gasteiger partial charge is 0.494 e. The highest BCUT2D eigenvalue weighted by atomic mass is 32.2. The molecular formula is C45H43F3N8O7S. The SMILES string of the molecule is C=C1CCC(N2C(=O)c3ccc(OCCCN4CCN(c5ccc(-c6cnc7[nH]cc(C(=O)c8c(F)ccc(NS(=O)(=O)N9CC[C@@H](F)C9)c8F)c7c6)cc5)CC4)cc3C2=O)C(=O)N1. The quantitative estimate of drug-likeness (QED) is 0.0786. The maximum Gasteiger partial charge on any atom is 0.301 e. The molecule has 3 saturated heterocycles. The van der Waals surface area contributed by atoms with Gasteiger partial charge in [-0.2, -0.15) is 12.7 Å². The summed E-state index contributed by atoms with van der Waals surface area (Å²) in [5.41, 5.74) is 2.17. The standard InChI is InChI=1S/C45H43F3N8O7S/c1-26-3-12-38(43(58)51-26)56-44(59)32-9-8-31(22-34(32)45(56)60)63-20-2-14-53-16-18-54(19-17-53)30-6-4-27(5-7-30)28-21-33-35(24-50-42(33)49-23-28)41(57)39-36(47)10-11-37(40(39)48)52-64(61,62)55-15-13-29(46)25-55/h4-11,21-24,29,38,52H,1-3,12-20,25H2,(H,49,50)(H,51,58)/t29-,38?/m1/s1. The van der Waals surface area contributed by atoms with Crippen molar-refractivity contribution in [3.8, 4) is 16.9 Å². The van der Waals surface area contributed by atoms with E-state index in [1.54, 1.807) is 30.5 Å². The normalized spacial score (nSPS) is 19.7. The van der Waals surface area contributed by atoms with Crippen LogP contribution < -0.4 is 19.7 Å². The Balaban J connectivity index is 0.783. The summed E-state index contributed by atoms with van der Waals surface area (Å²) in [7, 11) is -4.36. The first-order valence-electron chi connectivity index (χ1n) is 20.9. The van der Waals surface area contributed by atoms with Gasteiger partial charge in [0.05, 0.1) is 29.0 Å². The van der Waals surface area contributed by atoms with E-state index in [0.29, 0.717) is 47.5 Å². The summed E-state index contributed by atoms with van der Waals surface area (Å²) in [6, 6.07) is 15.2. The maximum absolute atomic E-state index is 15.7. The number of ketones is 1. The van der Waals surface area contributed by atoms with Gasteiger partial charge in [-0.1, -0.05) is 18.7 Å². The third kappa shape index (κ3) is 8.21. The Hall–Kier alpha value is -6.57. The fourth-order valence-corrected chi connectivity index (χ4v) is 9.89. The lowest BCUT2D eigenvalue weighted by Crippen LogP contribution is -2.51. The lowest BCUT2D eigenvalue weighted by Gasteiger charge is -2.36. The Morgan fingerprint density at radius 1 is 0.922 bits per heavy atom. The second kappa shape index (κ2) is 17.2. The second-order valence-corrected chi connectivity index (χ2v) is 17.9. The van der Waals surface area contributed by atoms with E-state index in [-0.39, 0.29) is 29.7 Å². The van der Waals surface area contributed by atoms with Gasteiger partial charge in [-0.15, -0.1) is 0 Å². The predicted octanol–water partition coefficient (Wildman–Crippen LogP) is 5.42. The van der Waals surface area contributed by atoms with Crippen LogP contribution in [-0.2, 0) is 15.0 Å². The summed E-state index contributed by atoms with van der Waals surface area (Å²) in [5.74, 6) is -4.53. The molecule has 3 N–H and O–H groups in total. The van der Waals surface area contributed by atoms with Gasteiger partial charge in [0.2, 0.25) is 11.7 Å². The highest BCUT2D eigenvalue weighted by Gasteiger charge is 2.44. The summed E-state index contributed by atoms with van der Waals surface area (Å²) in [6.45, 7) is 7.71. The molecule has 1 unspecified atom stereocenters. The Labute approximate surface area is 366 Å². The van der Waals surface area contributed by atoms with E-state index in [1.807, 2.05) is 29.0 Å². The zero-order valence-electron chi connectivity index (χ0n) is 34.4. The Bertz CT molecular complexity index is 2830. The van der Waals surface area contributed by atoms with Crippen molar-refractivity contribution in [3.05, 3.63) is 119 Å². The molecule has 3 aromatic carbocycles. The van der Waals surface area contributed by atoms with Crippen LogP contribution in [0.4, 0.5) is 24.5 Å². The molecule has 3 fully saturated rings. The highest BCUT2D eigenvalue weighted by molar-refractivity contribution is 7.90. The van der Waals surface area contributed by atoms with Crippen molar-refractivity contribution in [3.63, 3.8) is 0 Å². The van der Waals surface area contributed by atoms with Crippen LogP contribution in [0.1, 0.15) is 62.3 Å². The average molecular weight is 897 g/mol. The number of piperidine rings is 1. The third-order valence-electron chi connectivity index (χ3n) is 12.1. The third-order valence-corrected chi connectivity index (χ3v) is 13.6. The molecule has 6 heterocycles. The van der Waals surface area contributed by atoms with E-state index in [2.05, 4.69) is 31.7 Å². The van der Waals surface area contributed by atoms with Crippen LogP contribution in [0.3, 0.4) is 0 Å². The van der Waals surface area contributed by atoms with Crippen LogP contribution in [0.5, 0.6) is 5.75 Å². The van der Waals surface area contributed by atoms with Gasteiger partial charge in [-0.25, -0.2) is 18.2 Å². The summed E-state index contributed by atoms with van der Waals surface area (Å²) >= 11 is 0. The number of aromatic nitrogens is 2. The molecular weight excluding hydrogens is 854 g/mol. The van der Waals surface area contributed by atoms with Crippen LogP contribution in [0.15, 0.2) is 85.3 Å². The van der Waals surface area contributed by atoms with Crippen LogP contribution in [0, 0.1) is 11.6 Å². The number of aromatic amines is 1. The van der Waals surface area contributed by atoms with E-state index in [4.69, 9.17) is 4.74 Å². The number of hydrogen-bond acceptors (Lipinski definition) is 10. The molecule has 3 amide bonds. The minimum atomic E-state index is -4.36. The van der Waals surface area contributed by atoms with Gasteiger partial charge in [0.25, 0.3) is 11.8 Å². The van der Waals surface area contributed by atoms with Crippen molar-refractivity contribution in [2.45, 2.75) is 37.9 Å². The molecule has 0 spiro atoms. The molecule has 5 aromatic rings. The molecule has 0 bridgehead atoms. The van der Waals surface area contributed by atoms with E-state index < -0.39 is 75.4 Å². The number of nitrogens with one attached hydrogen (secondary N) is 3. The monoisotopic (exact) mass is 896 g/mol. The number of alkyl halides is 1. The van der Waals surface area contributed by atoms with Gasteiger partial charge in [0.15, 0.2) is 5.82 Å². The van der Waals surface area contributed by atoms with Crippen LogP contribution in [-0.4, -0.2) is 121 Å². The van der Waals surface area contributed by atoms with E-state index in [0.717, 1.165) is 71.7 Å². The number of imide groups is 1. The smallest absolute Gasteiger partial charge is 0.301 e. The predicted molar refractivity (Wildman–Crippen MR) is 231 cm³/mol. The number of fused-ring (bicyclic) bond motifs is 2. The molecule has 2 aromatic heterocycles. The number of carbonyl (C=O) groups is 4. The maximum atomic E-state index is 15.7. The molecule has 15 nitrogen and oxygen atoms in total. The molecule has 4 aliphatic rings. The number of carbonyl (C=O) groups excluding carboxylic acids is 4. The van der Waals surface area contributed by atoms with Crippen LogP contribution in [0.25, 0.3) is 22.2 Å². The van der Waals surface area contributed by atoms with Crippen LogP contribution >= 0.6 is 0 Å². The minimum Gasteiger partial charge on any atom is -0.494 e. The second-order valence-electron chi connectivity index (χ2n) is 16.2. The minimum absolute atomic E-state index is 0.00357. The van der Waals surface area contributed by atoms with Crippen molar-refractivity contribution in [2.24, 2.45) is 0 Å². The van der Waals surface area contributed by atoms with Crippen LogP contribution in [0.2, 0.25) is 0 Å². The fourth-order valence-electron chi connectivity index (χ4n) is 8.63. The Morgan fingerprint density at radius 2 is 1.69 bits per heavy atom. The van der Waals surface area contributed by atoms with Gasteiger partial charge in [-0.05, 0) is 79.8 Å². The van der Waals surface area contributed by atoms with Crippen molar-refractivity contribution >= 4 is 56.1 Å². The number of H-pyrrole nitrogens is 1. The summed E-state index contributed by atoms with van der Waals surface area (Å²) in [6.07, 6.45) is 3.12. The van der Waals surface area contributed by atoms with Gasteiger partial charge in [0, 0.05) is 86.1 Å². The number of halogens is 3. The number of amides is 3. The van der Waals surface area contributed by atoms with Gasteiger partial charge in [0.1, 0.15) is 29.4 Å². The lowest BCUT2D eigenvalue weighted by molar-refractivity contribution is -0.125. The number of rotatable bonds is 13. The number of pyridine rings is 1. The first-order valence-corrected chi connectivity index (χ1v) is 22.3. The van der Waals surface area contributed by atoms with E-state index >= 15 is 8.78 Å². The van der Waals surface area contributed by atoms with Gasteiger partial charge < -0.3 is 19.9 Å². The number of piperazine rings is 1. The van der Waals surface area contributed by atoms with Crippen molar-refractivity contribution in [1.82, 2.24) is 29.4 Å². The fraction of sp³-hybridized carbons (Fsp3) is 0.311. The molecule has 64 heavy (non-hydrogen) atoms. The van der Waals surface area contributed by atoms with Gasteiger partial charge >= 0.3 is 10.2 Å². The first-order chi connectivity index (χ1) is 30.8. The molecule has 9 rings (SSSR count). The Morgan fingerprint density at radius 3 is 2.42 bits per heavy atom. The molecule has 0 aliphatic carbocycles. The molecule has 2 atom stereocenters. The highest BCUT2D eigenvalue weighted by Crippen LogP contribution is 2.33. The zero-order chi connectivity index (χ0) is 44.9. The van der Waals surface area contributed by atoms with Crippen molar-refractivity contribution in [1.29, 1.82) is 0 Å². The molecule has 332 valence electrons. The number of nitrogens with zero attached hydrogens (tertiary/aromatic N) is 5. The molecule has 0 radical (unpaired) electrons. The summed E-state index contributed by atoms with van der Waals surface area (Å²) in [4.78, 5) is 65.4. The Kier molecular flexibility index (Phi) is 11.5. The number of benzene rings is 3. The first kappa shape index (κ1) is 42.7.